The average Bonchev–Trinajstić information content (AvgIpc) is 3.28. The Kier molecular flexibility index (Phi) is 5.88. The molecule has 1 fully saturated rings. The number of rotatable bonds is 5. The van der Waals surface area contributed by atoms with Gasteiger partial charge in [0.15, 0.2) is 5.78 Å². The predicted molar refractivity (Wildman–Crippen MR) is 104 cm³/mol. The third-order valence-electron chi connectivity index (χ3n) is 5.44. The molecular weight excluding hydrogens is 376 g/mol. The molecule has 0 saturated carbocycles. The minimum Gasteiger partial charge on any atom is -0.465 e. The fourth-order valence-electron chi connectivity index (χ4n) is 3.71. The van der Waals surface area contributed by atoms with Crippen LogP contribution < -0.4 is 0 Å². The number of carbonyl (C=O) groups excluding carboxylic acids is 3. The van der Waals surface area contributed by atoms with Crippen molar-refractivity contribution in [3.05, 3.63) is 40.0 Å². The van der Waals surface area contributed by atoms with Gasteiger partial charge in [0.05, 0.1) is 30.1 Å². The van der Waals surface area contributed by atoms with Gasteiger partial charge in [-0.05, 0) is 33.3 Å². The van der Waals surface area contributed by atoms with Crippen molar-refractivity contribution in [2.75, 3.05) is 33.3 Å². The van der Waals surface area contributed by atoms with Crippen molar-refractivity contribution in [3.63, 3.8) is 0 Å². The second-order valence-electron chi connectivity index (χ2n) is 7.32. The lowest BCUT2D eigenvalue weighted by atomic mass is 10.0. The Labute approximate surface area is 169 Å². The van der Waals surface area contributed by atoms with Crippen LogP contribution in [0.2, 0.25) is 0 Å². The van der Waals surface area contributed by atoms with Crippen molar-refractivity contribution >= 4 is 17.7 Å². The molecule has 9 nitrogen and oxygen atoms in total. The Morgan fingerprint density at radius 3 is 2.38 bits per heavy atom. The lowest BCUT2D eigenvalue weighted by Gasteiger charge is -2.37. The molecule has 29 heavy (non-hydrogen) atoms. The zero-order valence-corrected chi connectivity index (χ0v) is 17.4. The van der Waals surface area contributed by atoms with Crippen LogP contribution in [0.3, 0.4) is 0 Å². The molecule has 1 aliphatic rings. The molecule has 1 amide bonds. The fourth-order valence-corrected chi connectivity index (χ4v) is 3.71. The zero-order chi connectivity index (χ0) is 21.3. The second kappa shape index (κ2) is 8.20. The molecule has 2 aromatic heterocycles. The molecule has 156 valence electrons. The van der Waals surface area contributed by atoms with E-state index in [1.807, 2.05) is 11.8 Å². The monoisotopic (exact) mass is 402 g/mol. The number of H-pyrrole nitrogens is 1. The van der Waals surface area contributed by atoms with Crippen LogP contribution in [0.4, 0.5) is 0 Å². The number of piperazine rings is 1. The van der Waals surface area contributed by atoms with E-state index in [9.17, 15) is 14.4 Å². The molecule has 9 heteroatoms. The molecule has 2 aromatic rings. The number of ketones is 1. The first-order valence-corrected chi connectivity index (χ1v) is 9.53. The minimum absolute atomic E-state index is 0.0913. The number of hydrogen-bond acceptors (Lipinski definition) is 7. The number of nitrogens with zero attached hydrogens (tertiary/aromatic N) is 3. The largest absolute Gasteiger partial charge is 0.465 e. The summed E-state index contributed by atoms with van der Waals surface area (Å²) in [6.45, 7) is 9.21. The van der Waals surface area contributed by atoms with Gasteiger partial charge in [-0.25, -0.2) is 4.79 Å². The Morgan fingerprint density at radius 1 is 1.17 bits per heavy atom. The number of aromatic nitrogens is 2. The number of ether oxygens (including phenoxy) is 1. The van der Waals surface area contributed by atoms with E-state index in [0.29, 0.717) is 54.4 Å². The lowest BCUT2D eigenvalue weighted by Crippen LogP contribution is -2.53. The number of aromatic amines is 1. The maximum Gasteiger partial charge on any atom is 0.339 e. The van der Waals surface area contributed by atoms with Crippen LogP contribution in [0.25, 0.3) is 0 Å². The van der Waals surface area contributed by atoms with Crippen molar-refractivity contribution in [3.8, 4) is 0 Å². The molecular formula is C20H26N4O5. The summed E-state index contributed by atoms with van der Waals surface area (Å²) >= 11 is 0. The number of Topliss-reactive ketones (excluding diaryl/α,β-unsaturated/α-hetero) is 1. The quantitative estimate of drug-likeness (QED) is 0.599. The molecule has 0 aromatic carbocycles. The minimum atomic E-state index is -0.460. The average molecular weight is 402 g/mol. The van der Waals surface area contributed by atoms with Crippen LogP contribution in [0.15, 0.2) is 10.6 Å². The van der Waals surface area contributed by atoms with E-state index in [0.717, 1.165) is 0 Å². The first kappa shape index (κ1) is 20.8. The van der Waals surface area contributed by atoms with Crippen LogP contribution in [-0.2, 0) is 4.74 Å². The molecule has 1 unspecified atom stereocenters. The molecule has 1 atom stereocenters. The number of hydrogen-bond donors (Lipinski definition) is 1. The Balaban J connectivity index is 1.66. The van der Waals surface area contributed by atoms with E-state index in [1.54, 1.807) is 31.7 Å². The van der Waals surface area contributed by atoms with E-state index in [4.69, 9.17) is 9.26 Å². The van der Waals surface area contributed by atoms with Crippen molar-refractivity contribution in [2.24, 2.45) is 0 Å². The van der Waals surface area contributed by atoms with Gasteiger partial charge in [0.1, 0.15) is 0 Å². The van der Waals surface area contributed by atoms with Gasteiger partial charge in [-0.1, -0.05) is 5.16 Å². The third kappa shape index (κ3) is 3.95. The highest BCUT2D eigenvalue weighted by Crippen LogP contribution is 2.22. The number of methoxy groups -OCH3 is 1. The first-order chi connectivity index (χ1) is 13.7. The molecule has 1 saturated heterocycles. The summed E-state index contributed by atoms with van der Waals surface area (Å²) < 4.78 is 9.86. The molecule has 0 radical (unpaired) electrons. The van der Waals surface area contributed by atoms with Gasteiger partial charge in [0.2, 0.25) is 5.76 Å². The highest BCUT2D eigenvalue weighted by atomic mass is 16.5. The maximum atomic E-state index is 13.1. The molecule has 1 N–H and O–H groups in total. The van der Waals surface area contributed by atoms with E-state index < -0.39 is 5.97 Å². The number of nitrogens with one attached hydrogen (secondary N) is 1. The van der Waals surface area contributed by atoms with Gasteiger partial charge in [-0.3, -0.25) is 14.5 Å². The zero-order valence-electron chi connectivity index (χ0n) is 17.4. The van der Waals surface area contributed by atoms with Gasteiger partial charge in [-0.15, -0.1) is 0 Å². The Bertz CT molecular complexity index is 937. The molecule has 3 rings (SSSR count). The SMILES string of the molecule is COC(=O)c1c(C)[nH]c(C(=O)C(C)N2CCN(C(=O)c3cc(C)no3)CC2)c1C. The van der Waals surface area contributed by atoms with E-state index in [1.165, 1.54) is 7.11 Å². The number of esters is 1. The van der Waals surface area contributed by atoms with Crippen LogP contribution in [0.1, 0.15) is 55.3 Å². The molecule has 1 aliphatic heterocycles. The van der Waals surface area contributed by atoms with E-state index >= 15 is 0 Å². The summed E-state index contributed by atoms with van der Waals surface area (Å²) in [6, 6.07) is 1.23. The molecule has 3 heterocycles. The van der Waals surface area contributed by atoms with Crippen LogP contribution in [-0.4, -0.2) is 76.9 Å². The maximum absolute atomic E-state index is 13.1. The summed E-state index contributed by atoms with van der Waals surface area (Å²) in [7, 11) is 1.32. The third-order valence-corrected chi connectivity index (χ3v) is 5.44. The highest BCUT2D eigenvalue weighted by Gasteiger charge is 2.32. The van der Waals surface area contributed by atoms with E-state index in [2.05, 4.69) is 10.1 Å². The summed E-state index contributed by atoms with van der Waals surface area (Å²) in [5.41, 5.74) is 2.70. The summed E-state index contributed by atoms with van der Waals surface area (Å²) in [5.74, 6) is -0.514. The van der Waals surface area contributed by atoms with Gasteiger partial charge < -0.3 is 19.1 Å². The Hall–Kier alpha value is -2.94. The Morgan fingerprint density at radius 2 is 1.83 bits per heavy atom. The van der Waals surface area contributed by atoms with Crippen molar-refractivity contribution in [2.45, 2.75) is 33.7 Å². The standard InChI is InChI=1S/C20H26N4O5/c1-11-10-15(29-22-11)19(26)24-8-6-23(7-9-24)14(4)18(25)17-12(2)16(13(3)21-17)20(27)28-5/h10,14,21H,6-9H2,1-5H3. The summed E-state index contributed by atoms with van der Waals surface area (Å²) in [4.78, 5) is 44.3. The number of amides is 1. The second-order valence-corrected chi connectivity index (χ2v) is 7.32. The van der Waals surface area contributed by atoms with Crippen molar-refractivity contribution < 1.29 is 23.6 Å². The first-order valence-electron chi connectivity index (χ1n) is 9.53. The van der Waals surface area contributed by atoms with Crippen LogP contribution >= 0.6 is 0 Å². The summed E-state index contributed by atoms with van der Waals surface area (Å²) in [6.07, 6.45) is 0. The molecule has 0 aliphatic carbocycles. The van der Waals surface area contributed by atoms with Gasteiger partial charge in [0, 0.05) is 37.9 Å². The molecule has 0 bridgehead atoms. The smallest absolute Gasteiger partial charge is 0.339 e. The normalized spacial score (nSPS) is 16.0. The van der Waals surface area contributed by atoms with Crippen molar-refractivity contribution in [1.29, 1.82) is 0 Å². The fraction of sp³-hybridized carbons (Fsp3) is 0.500. The van der Waals surface area contributed by atoms with Gasteiger partial charge in [0.25, 0.3) is 5.91 Å². The predicted octanol–water partition coefficient (Wildman–Crippen LogP) is 1.74. The highest BCUT2D eigenvalue weighted by molar-refractivity contribution is 6.03. The summed E-state index contributed by atoms with van der Waals surface area (Å²) in [5, 5.41) is 3.75. The van der Waals surface area contributed by atoms with E-state index in [-0.39, 0.29) is 23.5 Å². The van der Waals surface area contributed by atoms with Crippen molar-refractivity contribution in [1.82, 2.24) is 19.9 Å². The van der Waals surface area contributed by atoms with Gasteiger partial charge in [-0.2, -0.15) is 0 Å². The van der Waals surface area contributed by atoms with Crippen LogP contribution in [0.5, 0.6) is 0 Å². The number of aryl methyl sites for hydroxylation is 2. The topological polar surface area (TPSA) is 109 Å². The lowest BCUT2D eigenvalue weighted by molar-refractivity contribution is 0.0519. The number of carbonyl (C=O) groups is 3. The molecule has 0 spiro atoms. The van der Waals surface area contributed by atoms with Gasteiger partial charge >= 0.3 is 5.97 Å². The van der Waals surface area contributed by atoms with Crippen LogP contribution in [0, 0.1) is 20.8 Å².